The molecule has 0 aromatic heterocycles. The number of anilines is 1. The van der Waals surface area contributed by atoms with Crippen molar-refractivity contribution < 1.29 is 4.92 Å². The van der Waals surface area contributed by atoms with Gasteiger partial charge < -0.3 is 4.90 Å². The minimum Gasteiger partial charge on any atom is -0.344 e. The van der Waals surface area contributed by atoms with Crippen LogP contribution in [-0.2, 0) is 10.8 Å². The Morgan fingerprint density at radius 2 is 1.43 bits per heavy atom. The lowest BCUT2D eigenvalue weighted by molar-refractivity contribution is -0.384. The second-order valence-electron chi connectivity index (χ2n) is 14.3. The molecule has 1 heterocycles. The zero-order chi connectivity index (χ0) is 34.3. The maximum Gasteiger partial charge on any atom is 0.269 e. The lowest BCUT2D eigenvalue weighted by Gasteiger charge is -2.28. The third-order valence-corrected chi connectivity index (χ3v) is 9.94. The van der Waals surface area contributed by atoms with Crippen LogP contribution in [0.25, 0.3) is 0 Å². The van der Waals surface area contributed by atoms with Crippen molar-refractivity contribution >= 4 is 11.4 Å². The van der Waals surface area contributed by atoms with Crippen LogP contribution in [0.3, 0.4) is 0 Å². The number of hydrogen-bond donors (Lipinski definition) is 0. The molecule has 0 N–H and O–H groups in total. The van der Waals surface area contributed by atoms with Crippen LogP contribution in [0.2, 0.25) is 0 Å². The summed E-state index contributed by atoms with van der Waals surface area (Å²) < 4.78 is 0. The molecule has 1 aliphatic heterocycles. The van der Waals surface area contributed by atoms with E-state index < -0.39 is 0 Å². The molecule has 0 unspecified atom stereocenters. The first-order valence-corrected chi connectivity index (χ1v) is 18.1. The monoisotopic (exact) mass is 636 g/mol. The Labute approximate surface area is 286 Å². The second kappa shape index (κ2) is 18.6. The van der Waals surface area contributed by atoms with E-state index in [0.29, 0.717) is 0 Å². The standard InChI is InChI=1S/C43H60N2O2/c1-8-9-10-11-12-13-14-15-16-17-21-26-33-44-40-32-31-37(45(46)47)34-39(40)43(6,7)41(44)30-23-20-18-19-22-28-36(3)42(4,5)38-29-25-24-27-35(38)2/h18-20,22-25,27-32,34H,3,8-17,21,26,33H2,1-2,4-7H3/b19-18+,23-20+,28-22+,41-30+. The Balaban J connectivity index is 1.60. The minimum atomic E-state index is -0.328. The summed E-state index contributed by atoms with van der Waals surface area (Å²) in [5.41, 5.74) is 6.62. The molecule has 4 nitrogen and oxygen atoms in total. The van der Waals surface area contributed by atoms with Gasteiger partial charge in [0, 0.05) is 40.9 Å². The molecule has 0 atom stereocenters. The van der Waals surface area contributed by atoms with Crippen LogP contribution < -0.4 is 4.90 Å². The van der Waals surface area contributed by atoms with Gasteiger partial charge in [0.05, 0.1) is 4.92 Å². The van der Waals surface area contributed by atoms with Crippen molar-refractivity contribution in [3.63, 3.8) is 0 Å². The summed E-state index contributed by atoms with van der Waals surface area (Å²) in [6.45, 7) is 18.5. The first-order chi connectivity index (χ1) is 22.5. The third kappa shape index (κ3) is 10.7. The molecule has 1 aliphatic rings. The van der Waals surface area contributed by atoms with E-state index in [9.17, 15) is 10.1 Å². The van der Waals surface area contributed by atoms with Crippen LogP contribution >= 0.6 is 0 Å². The molecule has 0 saturated heterocycles. The fourth-order valence-corrected chi connectivity index (χ4v) is 6.80. The van der Waals surface area contributed by atoms with E-state index in [4.69, 9.17) is 0 Å². The molecule has 0 radical (unpaired) electrons. The molecule has 0 saturated carbocycles. The van der Waals surface area contributed by atoms with Crippen molar-refractivity contribution in [3.05, 3.63) is 130 Å². The number of benzene rings is 2. The second-order valence-corrected chi connectivity index (χ2v) is 14.3. The smallest absolute Gasteiger partial charge is 0.269 e. The van der Waals surface area contributed by atoms with Gasteiger partial charge in [-0.25, -0.2) is 0 Å². The number of allylic oxidation sites excluding steroid dienone is 9. The van der Waals surface area contributed by atoms with Gasteiger partial charge >= 0.3 is 0 Å². The Kier molecular flexibility index (Phi) is 15.0. The highest BCUT2D eigenvalue weighted by atomic mass is 16.6. The molecular weight excluding hydrogens is 576 g/mol. The lowest BCUT2D eigenvalue weighted by atomic mass is 9.76. The maximum atomic E-state index is 11.6. The minimum absolute atomic E-state index is 0.148. The van der Waals surface area contributed by atoms with Crippen LogP contribution in [0.1, 0.15) is 128 Å². The summed E-state index contributed by atoms with van der Waals surface area (Å²) in [7, 11) is 0. The highest BCUT2D eigenvalue weighted by Gasteiger charge is 2.40. The van der Waals surface area contributed by atoms with Crippen LogP contribution in [0.5, 0.6) is 0 Å². The Morgan fingerprint density at radius 1 is 0.851 bits per heavy atom. The first kappa shape index (κ1) is 37.8. The number of unbranched alkanes of at least 4 members (excludes halogenated alkanes) is 11. The van der Waals surface area contributed by atoms with Crippen molar-refractivity contribution in [3.8, 4) is 0 Å². The topological polar surface area (TPSA) is 46.4 Å². The lowest BCUT2D eigenvalue weighted by Crippen LogP contribution is -2.27. The van der Waals surface area contributed by atoms with Gasteiger partial charge in [-0.3, -0.25) is 10.1 Å². The van der Waals surface area contributed by atoms with Crippen molar-refractivity contribution in [2.24, 2.45) is 0 Å². The van der Waals surface area contributed by atoms with Gasteiger partial charge in [-0.2, -0.15) is 0 Å². The molecule has 4 heteroatoms. The SMILES string of the molecule is C=C(/C=C/C=C/C=C/C=C1/N(CCCCCCCCCCCCCC)c2ccc([N+](=O)[O-])cc2C1(C)C)C(C)(C)c1ccccc1C. The normalized spacial score (nSPS) is 15.4. The summed E-state index contributed by atoms with van der Waals surface area (Å²) in [5.74, 6) is 0. The van der Waals surface area contributed by atoms with Crippen molar-refractivity contribution in [2.45, 2.75) is 129 Å². The van der Waals surface area contributed by atoms with Crippen LogP contribution in [0.4, 0.5) is 11.4 Å². The van der Waals surface area contributed by atoms with E-state index in [1.165, 1.54) is 87.5 Å². The summed E-state index contributed by atoms with van der Waals surface area (Å²) >= 11 is 0. The van der Waals surface area contributed by atoms with Gasteiger partial charge in [0.1, 0.15) is 0 Å². The highest BCUT2D eigenvalue weighted by molar-refractivity contribution is 5.72. The van der Waals surface area contributed by atoms with E-state index in [2.05, 4.69) is 102 Å². The number of nitro groups is 1. The predicted molar refractivity (Wildman–Crippen MR) is 203 cm³/mol. The van der Waals surface area contributed by atoms with Crippen molar-refractivity contribution in [2.75, 3.05) is 11.4 Å². The number of rotatable bonds is 20. The molecule has 0 bridgehead atoms. The molecule has 0 amide bonds. The van der Waals surface area contributed by atoms with E-state index >= 15 is 0 Å². The predicted octanol–water partition coefficient (Wildman–Crippen LogP) is 12.8. The summed E-state index contributed by atoms with van der Waals surface area (Å²) in [6.07, 6.45) is 30.4. The number of nitro benzene ring substituents is 1. The van der Waals surface area contributed by atoms with Gasteiger partial charge in [-0.1, -0.05) is 173 Å². The largest absolute Gasteiger partial charge is 0.344 e. The van der Waals surface area contributed by atoms with E-state index in [0.717, 1.165) is 29.8 Å². The number of nitrogens with zero attached hydrogens (tertiary/aromatic N) is 2. The zero-order valence-electron chi connectivity index (χ0n) is 30.2. The Hall–Kier alpha value is -3.66. The zero-order valence-corrected chi connectivity index (χ0v) is 30.2. The molecular formula is C43H60N2O2. The molecule has 0 spiro atoms. The number of fused-ring (bicyclic) bond motifs is 1. The fourth-order valence-electron chi connectivity index (χ4n) is 6.80. The van der Waals surface area contributed by atoms with Crippen LogP contribution in [0.15, 0.2) is 103 Å². The molecule has 254 valence electrons. The van der Waals surface area contributed by atoms with Gasteiger partial charge in [0.15, 0.2) is 0 Å². The maximum absolute atomic E-state index is 11.6. The van der Waals surface area contributed by atoms with Gasteiger partial charge in [0.2, 0.25) is 0 Å². The molecule has 2 aromatic carbocycles. The Bertz CT molecular complexity index is 1440. The van der Waals surface area contributed by atoms with Crippen molar-refractivity contribution in [1.29, 1.82) is 0 Å². The highest BCUT2D eigenvalue weighted by Crippen LogP contribution is 2.49. The van der Waals surface area contributed by atoms with Gasteiger partial charge in [0.25, 0.3) is 5.69 Å². The summed E-state index contributed by atoms with van der Waals surface area (Å²) in [6, 6.07) is 13.9. The first-order valence-electron chi connectivity index (χ1n) is 18.1. The average Bonchev–Trinajstić information content (AvgIpc) is 3.25. The van der Waals surface area contributed by atoms with E-state index in [-0.39, 0.29) is 21.4 Å². The van der Waals surface area contributed by atoms with Crippen LogP contribution in [0, 0.1) is 17.0 Å². The van der Waals surface area contributed by atoms with Crippen LogP contribution in [-0.4, -0.2) is 11.5 Å². The fraction of sp³-hybridized carbons (Fsp3) is 0.488. The third-order valence-electron chi connectivity index (χ3n) is 9.94. The quantitative estimate of drug-likeness (QED) is 0.0629. The molecule has 47 heavy (non-hydrogen) atoms. The molecule has 0 fully saturated rings. The summed E-state index contributed by atoms with van der Waals surface area (Å²) in [5, 5.41) is 11.6. The van der Waals surface area contributed by atoms with E-state index in [1.807, 2.05) is 24.3 Å². The van der Waals surface area contributed by atoms with Gasteiger partial charge in [-0.15, -0.1) is 0 Å². The summed E-state index contributed by atoms with van der Waals surface area (Å²) in [4.78, 5) is 13.7. The molecule has 3 rings (SSSR count). The molecule has 0 aliphatic carbocycles. The van der Waals surface area contributed by atoms with E-state index in [1.54, 1.807) is 12.1 Å². The number of aryl methyl sites for hydroxylation is 1. The van der Waals surface area contributed by atoms with Crippen molar-refractivity contribution in [1.82, 2.24) is 0 Å². The van der Waals surface area contributed by atoms with Gasteiger partial charge in [-0.05, 0) is 47.8 Å². The average molecular weight is 637 g/mol. The number of hydrogen-bond acceptors (Lipinski definition) is 3. The molecule has 2 aromatic rings. The Morgan fingerprint density at radius 3 is 2.04 bits per heavy atom. The number of non-ortho nitro benzene ring substituents is 1.